The highest BCUT2D eigenvalue weighted by atomic mass is 16.3. The Morgan fingerprint density at radius 2 is 2.11 bits per heavy atom. The predicted molar refractivity (Wildman–Crippen MR) is 65.7 cm³/mol. The molecule has 7 nitrogen and oxygen atoms in total. The van der Waals surface area contributed by atoms with Crippen molar-refractivity contribution >= 4 is 17.0 Å². The molecule has 3 N–H and O–H groups in total. The van der Waals surface area contributed by atoms with Crippen molar-refractivity contribution in [3.05, 3.63) is 6.33 Å². The van der Waals surface area contributed by atoms with Crippen LogP contribution in [0.2, 0.25) is 0 Å². The van der Waals surface area contributed by atoms with Gasteiger partial charge in [0, 0.05) is 0 Å². The van der Waals surface area contributed by atoms with Gasteiger partial charge < -0.3 is 10.8 Å². The molecule has 0 amide bonds. The van der Waals surface area contributed by atoms with Gasteiger partial charge >= 0.3 is 0 Å². The maximum atomic E-state index is 9.96. The van der Waals surface area contributed by atoms with Crippen LogP contribution in [0.4, 0.5) is 5.82 Å². The molecule has 2 aromatic heterocycles. The van der Waals surface area contributed by atoms with E-state index in [0.717, 1.165) is 25.7 Å². The summed E-state index contributed by atoms with van der Waals surface area (Å²) in [5.41, 5.74) is 6.41. The van der Waals surface area contributed by atoms with E-state index in [0.29, 0.717) is 17.0 Å². The fourth-order valence-corrected chi connectivity index (χ4v) is 2.50. The first-order valence-electron chi connectivity index (χ1n) is 6.10. The van der Waals surface area contributed by atoms with Crippen LogP contribution in [0.3, 0.4) is 0 Å². The monoisotopic (exact) mass is 248 g/mol. The molecule has 0 radical (unpaired) electrons. The number of aromatic nitrogens is 5. The molecule has 7 heteroatoms. The van der Waals surface area contributed by atoms with Crippen LogP contribution in [0.5, 0.6) is 0 Å². The van der Waals surface area contributed by atoms with Crippen molar-refractivity contribution in [1.29, 1.82) is 0 Å². The van der Waals surface area contributed by atoms with Crippen LogP contribution in [-0.2, 0) is 0 Å². The maximum absolute atomic E-state index is 9.96. The third kappa shape index (κ3) is 1.80. The van der Waals surface area contributed by atoms with Crippen LogP contribution in [0, 0.1) is 0 Å². The van der Waals surface area contributed by atoms with Crippen molar-refractivity contribution < 1.29 is 5.11 Å². The number of nitrogen functional groups attached to an aromatic ring is 1. The predicted octanol–water partition coefficient (Wildman–Crippen LogP) is 0.670. The smallest absolute Gasteiger partial charge is 0.184 e. The average Bonchev–Trinajstić information content (AvgIpc) is 2.74. The standard InChI is InChI=1S/C11H16N6O/c1-11(18)4-2-7(3-5-11)17-10-8(15-16-17)9(12)13-6-14-10/h6-7,18H,2-5H2,1H3,(H2,12,13,14)/t7-,11+. The van der Waals surface area contributed by atoms with Gasteiger partial charge in [0.15, 0.2) is 17.0 Å². The molecule has 0 saturated heterocycles. The minimum Gasteiger partial charge on any atom is -0.390 e. The summed E-state index contributed by atoms with van der Waals surface area (Å²) >= 11 is 0. The summed E-state index contributed by atoms with van der Waals surface area (Å²) < 4.78 is 1.81. The minimum atomic E-state index is -0.555. The minimum absolute atomic E-state index is 0.226. The molecule has 96 valence electrons. The molecule has 18 heavy (non-hydrogen) atoms. The first-order valence-corrected chi connectivity index (χ1v) is 6.10. The second-order valence-electron chi connectivity index (χ2n) is 5.19. The average molecular weight is 248 g/mol. The van der Waals surface area contributed by atoms with E-state index < -0.39 is 5.60 Å². The fourth-order valence-electron chi connectivity index (χ4n) is 2.50. The molecular formula is C11H16N6O. The largest absolute Gasteiger partial charge is 0.390 e. The lowest BCUT2D eigenvalue weighted by molar-refractivity contribution is 0.00875. The Kier molecular flexibility index (Phi) is 2.44. The van der Waals surface area contributed by atoms with E-state index >= 15 is 0 Å². The molecule has 1 aliphatic rings. The highest BCUT2D eigenvalue weighted by Gasteiger charge is 2.31. The molecular weight excluding hydrogens is 232 g/mol. The van der Waals surface area contributed by atoms with Gasteiger partial charge in [0.1, 0.15) is 6.33 Å². The first-order chi connectivity index (χ1) is 8.57. The molecule has 2 heterocycles. The van der Waals surface area contributed by atoms with Crippen LogP contribution < -0.4 is 5.73 Å². The zero-order valence-corrected chi connectivity index (χ0v) is 10.2. The lowest BCUT2D eigenvalue weighted by Gasteiger charge is -2.32. The molecule has 0 spiro atoms. The molecule has 0 aromatic carbocycles. The van der Waals surface area contributed by atoms with Crippen LogP contribution in [0.15, 0.2) is 6.33 Å². The van der Waals surface area contributed by atoms with Crippen LogP contribution in [0.1, 0.15) is 38.6 Å². The summed E-state index contributed by atoms with van der Waals surface area (Å²) in [5.74, 6) is 0.356. The maximum Gasteiger partial charge on any atom is 0.184 e. The van der Waals surface area contributed by atoms with Gasteiger partial charge in [-0.3, -0.25) is 0 Å². The number of nitrogens with two attached hydrogens (primary N) is 1. The van der Waals surface area contributed by atoms with Gasteiger partial charge in [-0.15, -0.1) is 5.10 Å². The third-order valence-electron chi connectivity index (χ3n) is 3.67. The quantitative estimate of drug-likeness (QED) is 0.768. The number of fused-ring (bicyclic) bond motifs is 1. The molecule has 3 rings (SSSR count). The van der Waals surface area contributed by atoms with Crippen molar-refractivity contribution in [2.45, 2.75) is 44.2 Å². The summed E-state index contributed by atoms with van der Waals surface area (Å²) in [6.07, 6.45) is 4.69. The highest BCUT2D eigenvalue weighted by molar-refractivity contribution is 5.80. The first kappa shape index (κ1) is 11.3. The Balaban J connectivity index is 1.94. The van der Waals surface area contributed by atoms with Crippen molar-refractivity contribution in [2.24, 2.45) is 0 Å². The highest BCUT2D eigenvalue weighted by Crippen LogP contribution is 2.35. The van der Waals surface area contributed by atoms with Crippen molar-refractivity contribution in [3.63, 3.8) is 0 Å². The summed E-state index contributed by atoms with van der Waals surface area (Å²) in [4.78, 5) is 8.10. The van der Waals surface area contributed by atoms with E-state index in [4.69, 9.17) is 5.73 Å². The van der Waals surface area contributed by atoms with Crippen molar-refractivity contribution in [1.82, 2.24) is 25.0 Å². The molecule has 0 aliphatic heterocycles. The van der Waals surface area contributed by atoms with E-state index in [-0.39, 0.29) is 6.04 Å². The van der Waals surface area contributed by atoms with Crippen molar-refractivity contribution in [2.75, 3.05) is 5.73 Å². The van der Waals surface area contributed by atoms with E-state index in [2.05, 4.69) is 20.3 Å². The second-order valence-corrected chi connectivity index (χ2v) is 5.19. The molecule has 0 atom stereocenters. The molecule has 2 aromatic rings. The molecule has 1 aliphatic carbocycles. The van der Waals surface area contributed by atoms with Gasteiger partial charge in [0.25, 0.3) is 0 Å². The number of hydrogen-bond donors (Lipinski definition) is 2. The van der Waals surface area contributed by atoms with Gasteiger partial charge in [0.05, 0.1) is 11.6 Å². The normalized spacial score (nSPS) is 28.7. The number of aliphatic hydroxyl groups is 1. The van der Waals surface area contributed by atoms with Gasteiger partial charge in [0.2, 0.25) is 0 Å². The molecule has 1 saturated carbocycles. The fraction of sp³-hybridized carbons (Fsp3) is 0.636. The summed E-state index contributed by atoms with van der Waals surface area (Å²) in [6.45, 7) is 1.88. The zero-order valence-electron chi connectivity index (χ0n) is 10.2. The lowest BCUT2D eigenvalue weighted by atomic mass is 9.84. The summed E-state index contributed by atoms with van der Waals surface area (Å²) in [7, 11) is 0. The molecule has 0 bridgehead atoms. The van der Waals surface area contributed by atoms with Crippen LogP contribution >= 0.6 is 0 Å². The molecule has 1 fully saturated rings. The van der Waals surface area contributed by atoms with E-state index in [9.17, 15) is 5.11 Å². The van der Waals surface area contributed by atoms with Gasteiger partial charge in [-0.25, -0.2) is 14.6 Å². The number of rotatable bonds is 1. The lowest BCUT2D eigenvalue weighted by Crippen LogP contribution is -2.31. The number of hydrogen-bond acceptors (Lipinski definition) is 6. The summed E-state index contributed by atoms with van der Waals surface area (Å²) in [6, 6.07) is 0.226. The van der Waals surface area contributed by atoms with Gasteiger partial charge in [-0.05, 0) is 32.6 Å². The number of nitrogens with zero attached hydrogens (tertiary/aromatic N) is 5. The molecule has 0 unspecified atom stereocenters. The second kappa shape index (κ2) is 3.88. The van der Waals surface area contributed by atoms with E-state index in [1.165, 1.54) is 6.33 Å². The Bertz CT molecular complexity index is 568. The Morgan fingerprint density at radius 3 is 2.83 bits per heavy atom. The number of anilines is 1. The van der Waals surface area contributed by atoms with Crippen LogP contribution in [-0.4, -0.2) is 35.7 Å². The Labute approximate surface area is 104 Å². The SMILES string of the molecule is C[C@]1(O)CC[C@@H](n2nnc3c(N)ncnc32)CC1. The zero-order chi connectivity index (χ0) is 12.8. The Morgan fingerprint density at radius 1 is 1.39 bits per heavy atom. The third-order valence-corrected chi connectivity index (χ3v) is 3.67. The van der Waals surface area contributed by atoms with Crippen molar-refractivity contribution in [3.8, 4) is 0 Å². The van der Waals surface area contributed by atoms with Crippen LogP contribution in [0.25, 0.3) is 11.2 Å². The Hall–Kier alpha value is -1.76. The summed E-state index contributed by atoms with van der Waals surface area (Å²) in [5, 5.41) is 18.1. The van der Waals surface area contributed by atoms with Gasteiger partial charge in [-0.1, -0.05) is 5.21 Å². The topological polar surface area (TPSA) is 103 Å². The van der Waals surface area contributed by atoms with Gasteiger partial charge in [-0.2, -0.15) is 0 Å². The van der Waals surface area contributed by atoms with E-state index in [1.54, 1.807) is 0 Å². The van der Waals surface area contributed by atoms with E-state index in [1.807, 2.05) is 11.6 Å².